The van der Waals surface area contributed by atoms with E-state index < -0.39 is 4.92 Å². The van der Waals surface area contributed by atoms with Gasteiger partial charge in [-0.05, 0) is 30.3 Å². The van der Waals surface area contributed by atoms with E-state index in [-0.39, 0.29) is 18.0 Å². The first-order chi connectivity index (χ1) is 14.6. The molecule has 0 radical (unpaired) electrons. The van der Waals surface area contributed by atoms with E-state index in [1.165, 1.54) is 12.1 Å². The Morgan fingerprint density at radius 3 is 2.53 bits per heavy atom. The number of amides is 1. The van der Waals surface area contributed by atoms with Gasteiger partial charge < -0.3 is 9.73 Å². The average molecular weight is 402 g/mol. The van der Waals surface area contributed by atoms with Crippen LogP contribution in [0.3, 0.4) is 0 Å². The highest BCUT2D eigenvalue weighted by atomic mass is 16.6. The number of nitrogens with zero attached hydrogens (tertiary/aromatic N) is 3. The summed E-state index contributed by atoms with van der Waals surface area (Å²) in [5.74, 6) is -0.160. The first kappa shape index (κ1) is 19.1. The van der Waals surface area contributed by atoms with Crippen molar-refractivity contribution in [3.63, 3.8) is 0 Å². The topological polar surface area (TPSA) is 103 Å². The van der Waals surface area contributed by atoms with Crippen LogP contribution in [0.2, 0.25) is 0 Å². The number of nitro benzene ring substituents is 1. The fourth-order valence-electron chi connectivity index (χ4n) is 3.07. The number of aromatic nitrogens is 2. The molecule has 0 spiro atoms. The van der Waals surface area contributed by atoms with E-state index in [0.717, 1.165) is 16.8 Å². The van der Waals surface area contributed by atoms with Gasteiger partial charge in [0.15, 0.2) is 0 Å². The van der Waals surface area contributed by atoms with Gasteiger partial charge in [-0.25, -0.2) is 4.68 Å². The predicted octanol–water partition coefficient (Wildman–Crippen LogP) is 3.90. The summed E-state index contributed by atoms with van der Waals surface area (Å²) in [5.41, 5.74) is 3.75. The van der Waals surface area contributed by atoms with Crippen molar-refractivity contribution < 1.29 is 14.1 Å². The fourth-order valence-corrected chi connectivity index (χ4v) is 3.07. The molecule has 8 nitrogen and oxygen atoms in total. The van der Waals surface area contributed by atoms with Crippen molar-refractivity contribution >= 4 is 11.6 Å². The van der Waals surface area contributed by atoms with Crippen molar-refractivity contribution in [2.75, 3.05) is 0 Å². The SMILES string of the molecule is O=C(Cc1cn(-c2ccccc2)nc1-c1ccc([N+](=O)[O-])cc1)NCc1ccoc1. The van der Waals surface area contributed by atoms with E-state index in [1.807, 2.05) is 36.5 Å². The molecule has 8 heteroatoms. The zero-order valence-corrected chi connectivity index (χ0v) is 15.9. The molecule has 0 bridgehead atoms. The van der Waals surface area contributed by atoms with Crippen LogP contribution >= 0.6 is 0 Å². The van der Waals surface area contributed by atoms with E-state index >= 15 is 0 Å². The van der Waals surface area contributed by atoms with Gasteiger partial charge in [0.2, 0.25) is 5.91 Å². The van der Waals surface area contributed by atoms with Crippen LogP contribution in [0, 0.1) is 10.1 Å². The van der Waals surface area contributed by atoms with Crippen LogP contribution in [0.15, 0.2) is 83.8 Å². The summed E-state index contributed by atoms with van der Waals surface area (Å²) in [5, 5.41) is 18.4. The molecule has 2 aromatic carbocycles. The van der Waals surface area contributed by atoms with E-state index in [2.05, 4.69) is 10.4 Å². The van der Waals surface area contributed by atoms with E-state index in [1.54, 1.807) is 35.4 Å². The third-order valence-electron chi connectivity index (χ3n) is 4.58. The standard InChI is InChI=1S/C22H18N4O4/c27-21(23-13-16-10-11-30-15-16)12-18-14-25(19-4-2-1-3-5-19)24-22(18)17-6-8-20(9-7-17)26(28)29/h1-11,14-15H,12-13H2,(H,23,27). The highest BCUT2D eigenvalue weighted by Crippen LogP contribution is 2.26. The maximum Gasteiger partial charge on any atom is 0.269 e. The number of carbonyl (C=O) groups excluding carboxylic acids is 1. The predicted molar refractivity (Wildman–Crippen MR) is 110 cm³/mol. The number of hydrogen-bond acceptors (Lipinski definition) is 5. The molecule has 2 aromatic heterocycles. The summed E-state index contributed by atoms with van der Waals surface area (Å²) in [4.78, 5) is 23.0. The minimum atomic E-state index is -0.448. The number of hydrogen-bond donors (Lipinski definition) is 1. The van der Waals surface area contributed by atoms with Gasteiger partial charge in [-0.3, -0.25) is 14.9 Å². The maximum atomic E-state index is 12.5. The average Bonchev–Trinajstić information content (AvgIpc) is 3.43. The summed E-state index contributed by atoms with van der Waals surface area (Å²) in [6.45, 7) is 0.370. The third-order valence-corrected chi connectivity index (χ3v) is 4.58. The lowest BCUT2D eigenvalue weighted by atomic mass is 10.1. The van der Waals surface area contributed by atoms with Crippen LogP contribution in [0.4, 0.5) is 5.69 Å². The second-order valence-corrected chi connectivity index (χ2v) is 6.67. The molecule has 30 heavy (non-hydrogen) atoms. The number of non-ortho nitro benzene ring substituents is 1. The maximum absolute atomic E-state index is 12.5. The Kier molecular flexibility index (Phi) is 5.38. The van der Waals surface area contributed by atoms with Gasteiger partial charge in [0.1, 0.15) is 0 Å². The minimum Gasteiger partial charge on any atom is -0.472 e. The molecule has 0 aliphatic rings. The summed E-state index contributed by atoms with van der Waals surface area (Å²) in [6, 6.07) is 17.5. The molecule has 0 saturated heterocycles. The molecule has 0 saturated carbocycles. The smallest absolute Gasteiger partial charge is 0.269 e. The number of nitrogens with one attached hydrogen (secondary N) is 1. The highest BCUT2D eigenvalue weighted by Gasteiger charge is 2.16. The minimum absolute atomic E-state index is 0.000599. The van der Waals surface area contributed by atoms with Gasteiger partial charge >= 0.3 is 0 Å². The molecular formula is C22H18N4O4. The van der Waals surface area contributed by atoms with Gasteiger partial charge in [0, 0.05) is 41.6 Å². The van der Waals surface area contributed by atoms with Crippen molar-refractivity contribution in [1.82, 2.24) is 15.1 Å². The largest absolute Gasteiger partial charge is 0.472 e. The summed E-state index contributed by atoms with van der Waals surface area (Å²) in [6.07, 6.45) is 5.06. The normalized spacial score (nSPS) is 10.7. The number of rotatable bonds is 7. The Balaban J connectivity index is 1.62. The van der Waals surface area contributed by atoms with Crippen molar-refractivity contribution in [1.29, 1.82) is 0 Å². The van der Waals surface area contributed by atoms with Gasteiger partial charge in [-0.2, -0.15) is 5.10 Å². The molecule has 4 aromatic rings. The molecule has 0 fully saturated rings. The van der Waals surface area contributed by atoms with Crippen molar-refractivity contribution in [2.45, 2.75) is 13.0 Å². The van der Waals surface area contributed by atoms with E-state index in [0.29, 0.717) is 17.8 Å². The second kappa shape index (κ2) is 8.44. The fraction of sp³-hybridized carbons (Fsp3) is 0.0909. The molecule has 1 N–H and O–H groups in total. The molecule has 150 valence electrons. The van der Waals surface area contributed by atoms with Gasteiger partial charge in [0.05, 0.1) is 35.3 Å². The summed E-state index contributed by atoms with van der Waals surface area (Å²) >= 11 is 0. The Labute approximate surface area is 171 Å². The van der Waals surface area contributed by atoms with Crippen LogP contribution in [0.25, 0.3) is 16.9 Å². The molecule has 1 amide bonds. The third kappa shape index (κ3) is 4.27. The van der Waals surface area contributed by atoms with Crippen molar-refractivity contribution in [3.05, 3.63) is 101 Å². The van der Waals surface area contributed by atoms with Crippen LogP contribution in [0.1, 0.15) is 11.1 Å². The first-order valence-corrected chi connectivity index (χ1v) is 9.27. The zero-order chi connectivity index (χ0) is 20.9. The summed E-state index contributed by atoms with van der Waals surface area (Å²) in [7, 11) is 0. The summed E-state index contributed by atoms with van der Waals surface area (Å²) < 4.78 is 6.71. The number of furan rings is 1. The van der Waals surface area contributed by atoms with Crippen LogP contribution < -0.4 is 5.32 Å². The van der Waals surface area contributed by atoms with Crippen LogP contribution in [-0.2, 0) is 17.8 Å². The number of carbonyl (C=O) groups is 1. The van der Waals surface area contributed by atoms with E-state index in [9.17, 15) is 14.9 Å². The molecular weight excluding hydrogens is 384 g/mol. The van der Waals surface area contributed by atoms with Gasteiger partial charge in [0.25, 0.3) is 5.69 Å². The van der Waals surface area contributed by atoms with E-state index in [4.69, 9.17) is 4.42 Å². The van der Waals surface area contributed by atoms with Gasteiger partial charge in [-0.15, -0.1) is 0 Å². The molecule has 0 aliphatic heterocycles. The molecule has 0 atom stereocenters. The van der Waals surface area contributed by atoms with Gasteiger partial charge in [-0.1, -0.05) is 18.2 Å². The lowest BCUT2D eigenvalue weighted by Gasteiger charge is -2.04. The Bertz CT molecular complexity index is 1150. The number of benzene rings is 2. The zero-order valence-electron chi connectivity index (χ0n) is 15.9. The first-order valence-electron chi connectivity index (χ1n) is 9.27. The van der Waals surface area contributed by atoms with Crippen LogP contribution in [0.5, 0.6) is 0 Å². The monoisotopic (exact) mass is 402 g/mol. The molecule has 0 unspecified atom stereocenters. The quantitative estimate of drug-likeness (QED) is 0.373. The lowest BCUT2D eigenvalue weighted by molar-refractivity contribution is -0.384. The molecule has 2 heterocycles. The second-order valence-electron chi connectivity index (χ2n) is 6.67. The number of para-hydroxylation sites is 1. The highest BCUT2D eigenvalue weighted by molar-refractivity contribution is 5.81. The Morgan fingerprint density at radius 1 is 1.10 bits per heavy atom. The lowest BCUT2D eigenvalue weighted by Crippen LogP contribution is -2.24. The Morgan fingerprint density at radius 2 is 1.87 bits per heavy atom. The molecule has 0 aliphatic carbocycles. The van der Waals surface area contributed by atoms with Crippen LogP contribution in [-0.4, -0.2) is 20.6 Å². The van der Waals surface area contributed by atoms with Crippen molar-refractivity contribution in [2.24, 2.45) is 0 Å². The molecule has 4 rings (SSSR count). The number of nitro groups is 1. The Hall–Kier alpha value is -4.20. The van der Waals surface area contributed by atoms with Crippen molar-refractivity contribution in [3.8, 4) is 16.9 Å².